The molecular formula is C34H27N5. The average molecular weight is 506 g/mol. The maximum Gasteiger partial charge on any atom is 0.223 e. The van der Waals surface area contributed by atoms with E-state index in [1.807, 2.05) is 30.3 Å². The van der Waals surface area contributed by atoms with E-state index >= 15 is 0 Å². The number of hydrogen-bond donors (Lipinski definition) is 1. The molecule has 0 fully saturated rings. The Morgan fingerprint density at radius 2 is 1.23 bits per heavy atom. The molecule has 5 nitrogen and oxygen atoms in total. The molecule has 2 aromatic heterocycles. The molecule has 188 valence electrons. The molecule has 0 aliphatic heterocycles. The Bertz CT molecular complexity index is 1830. The number of allylic oxidation sites excluding steroid dienone is 4. The van der Waals surface area contributed by atoms with Crippen LogP contribution in [0.3, 0.4) is 0 Å². The topological polar surface area (TPSA) is 69.6 Å². The molecule has 4 aromatic carbocycles. The fraction of sp³-hybridized carbons (Fsp3) is 0.0882. The van der Waals surface area contributed by atoms with Gasteiger partial charge in [0.15, 0.2) is 5.82 Å². The van der Waals surface area contributed by atoms with E-state index in [1.54, 1.807) is 0 Å². The second-order valence-corrected chi connectivity index (χ2v) is 10.0. The highest BCUT2D eigenvalue weighted by molar-refractivity contribution is 6.10. The number of aromatic nitrogens is 4. The van der Waals surface area contributed by atoms with Crippen LogP contribution in [0.2, 0.25) is 0 Å². The molecule has 6 aromatic rings. The number of anilines is 1. The Balaban J connectivity index is 1.22. The Morgan fingerprint density at radius 3 is 1.90 bits per heavy atom. The maximum absolute atomic E-state index is 6.19. The first-order valence-corrected chi connectivity index (χ1v) is 13.2. The lowest BCUT2D eigenvalue weighted by molar-refractivity contribution is 0.600. The molecule has 2 N–H and O–H groups in total. The van der Waals surface area contributed by atoms with Crippen LogP contribution in [0.25, 0.3) is 50.0 Å². The Labute approximate surface area is 227 Å². The molecule has 0 amide bonds. The molecule has 0 saturated carbocycles. The van der Waals surface area contributed by atoms with Crippen LogP contribution in [0.4, 0.5) is 5.95 Å². The highest BCUT2D eigenvalue weighted by Crippen LogP contribution is 2.37. The third kappa shape index (κ3) is 4.09. The van der Waals surface area contributed by atoms with Crippen molar-refractivity contribution in [1.29, 1.82) is 0 Å². The van der Waals surface area contributed by atoms with E-state index in [1.165, 1.54) is 27.4 Å². The largest absolute Gasteiger partial charge is 0.368 e. The summed E-state index contributed by atoms with van der Waals surface area (Å²) in [7, 11) is 0. The Hall–Kier alpha value is -5.03. The lowest BCUT2D eigenvalue weighted by Gasteiger charge is -2.23. The molecular weight excluding hydrogens is 478 g/mol. The van der Waals surface area contributed by atoms with E-state index in [-0.39, 0.29) is 17.8 Å². The molecule has 1 aliphatic carbocycles. The molecule has 2 atom stereocenters. The molecule has 7 rings (SSSR count). The van der Waals surface area contributed by atoms with Gasteiger partial charge in [0.05, 0.1) is 11.0 Å². The standard InChI is InChI=1S/C34H27N5/c1-22-21-26(39-30-13-7-5-11-28(30)29-12-6-8-14-31(29)39)19-20-27(22)33-36-32(37-34(35)38-33)25-17-15-24(16-18-25)23-9-3-2-4-10-23/h2-22,27H,1H3,(H2,35,36,37,38). The molecule has 2 unspecified atom stereocenters. The molecule has 0 saturated heterocycles. The zero-order valence-corrected chi connectivity index (χ0v) is 21.6. The van der Waals surface area contributed by atoms with Gasteiger partial charge in [0.1, 0.15) is 5.82 Å². The van der Waals surface area contributed by atoms with Crippen LogP contribution in [0.15, 0.2) is 121 Å². The normalized spacial score (nSPS) is 17.0. The van der Waals surface area contributed by atoms with Gasteiger partial charge in [0.2, 0.25) is 5.95 Å². The summed E-state index contributed by atoms with van der Waals surface area (Å²) in [6, 6.07) is 35.7. The average Bonchev–Trinajstić information content (AvgIpc) is 3.32. The highest BCUT2D eigenvalue weighted by Gasteiger charge is 2.24. The van der Waals surface area contributed by atoms with Gasteiger partial charge in [-0.25, -0.2) is 4.98 Å². The van der Waals surface area contributed by atoms with Crippen LogP contribution >= 0.6 is 0 Å². The van der Waals surface area contributed by atoms with Crippen LogP contribution < -0.4 is 5.73 Å². The van der Waals surface area contributed by atoms with E-state index in [9.17, 15) is 0 Å². The summed E-state index contributed by atoms with van der Waals surface area (Å²) in [5.41, 5.74) is 13.0. The van der Waals surface area contributed by atoms with Crippen molar-refractivity contribution in [3.05, 3.63) is 127 Å². The predicted octanol–water partition coefficient (Wildman–Crippen LogP) is 7.73. The third-order valence-electron chi connectivity index (χ3n) is 7.53. The number of benzene rings is 4. The first-order valence-electron chi connectivity index (χ1n) is 13.2. The van der Waals surface area contributed by atoms with Crippen molar-refractivity contribution in [3.8, 4) is 22.5 Å². The summed E-state index contributed by atoms with van der Waals surface area (Å²) < 4.78 is 2.34. The molecule has 0 spiro atoms. The minimum atomic E-state index is -0.00511. The predicted molar refractivity (Wildman–Crippen MR) is 160 cm³/mol. The van der Waals surface area contributed by atoms with Crippen LogP contribution in [0.1, 0.15) is 18.7 Å². The quantitative estimate of drug-likeness (QED) is 0.266. The first kappa shape index (κ1) is 23.1. The van der Waals surface area contributed by atoms with Gasteiger partial charge >= 0.3 is 0 Å². The third-order valence-corrected chi connectivity index (χ3v) is 7.53. The monoisotopic (exact) mass is 505 g/mol. The van der Waals surface area contributed by atoms with Gasteiger partial charge in [0.25, 0.3) is 0 Å². The Morgan fingerprint density at radius 1 is 0.641 bits per heavy atom. The van der Waals surface area contributed by atoms with Gasteiger partial charge in [-0.15, -0.1) is 0 Å². The van der Waals surface area contributed by atoms with Crippen LogP contribution in [-0.4, -0.2) is 19.5 Å². The second-order valence-electron chi connectivity index (χ2n) is 10.0. The number of rotatable bonds is 4. The molecule has 0 bridgehead atoms. The minimum Gasteiger partial charge on any atom is -0.368 e. The summed E-state index contributed by atoms with van der Waals surface area (Å²) in [6.07, 6.45) is 6.68. The minimum absolute atomic E-state index is 0.00511. The lowest BCUT2D eigenvalue weighted by Crippen LogP contribution is -2.16. The van der Waals surface area contributed by atoms with Crippen LogP contribution in [0.5, 0.6) is 0 Å². The van der Waals surface area contributed by atoms with Crippen molar-refractivity contribution in [2.45, 2.75) is 12.8 Å². The number of nitrogens with zero attached hydrogens (tertiary/aromatic N) is 4. The van der Waals surface area contributed by atoms with E-state index in [0.717, 1.165) is 16.8 Å². The van der Waals surface area contributed by atoms with Gasteiger partial charge in [-0.3, -0.25) is 0 Å². The smallest absolute Gasteiger partial charge is 0.223 e. The first-order chi connectivity index (χ1) is 19.2. The van der Waals surface area contributed by atoms with Crippen LogP contribution in [-0.2, 0) is 0 Å². The number of hydrogen-bond acceptors (Lipinski definition) is 4. The fourth-order valence-electron chi connectivity index (χ4n) is 5.61. The van der Waals surface area contributed by atoms with E-state index in [0.29, 0.717) is 11.6 Å². The van der Waals surface area contributed by atoms with Gasteiger partial charge in [-0.2, -0.15) is 9.97 Å². The fourth-order valence-corrected chi connectivity index (χ4v) is 5.61. The molecule has 0 radical (unpaired) electrons. The summed E-state index contributed by atoms with van der Waals surface area (Å²) in [5.74, 6) is 1.68. The zero-order chi connectivity index (χ0) is 26.3. The van der Waals surface area contributed by atoms with Crippen LogP contribution in [0, 0.1) is 5.92 Å². The van der Waals surface area contributed by atoms with Crippen molar-refractivity contribution < 1.29 is 0 Å². The van der Waals surface area contributed by atoms with Crippen molar-refractivity contribution in [1.82, 2.24) is 19.5 Å². The van der Waals surface area contributed by atoms with Crippen molar-refractivity contribution in [3.63, 3.8) is 0 Å². The number of nitrogens with two attached hydrogens (primary N) is 1. The second kappa shape index (κ2) is 9.37. The number of para-hydroxylation sites is 2. The zero-order valence-electron chi connectivity index (χ0n) is 21.6. The summed E-state index contributed by atoms with van der Waals surface area (Å²) in [4.78, 5) is 13.9. The maximum atomic E-state index is 6.19. The van der Waals surface area contributed by atoms with E-state index in [4.69, 9.17) is 10.7 Å². The number of fused-ring (bicyclic) bond motifs is 3. The number of nitrogen functional groups attached to an aromatic ring is 1. The summed E-state index contributed by atoms with van der Waals surface area (Å²) in [5, 5.41) is 2.51. The molecule has 39 heavy (non-hydrogen) atoms. The molecule has 5 heteroatoms. The van der Waals surface area contributed by atoms with Gasteiger partial charge in [-0.1, -0.05) is 110 Å². The van der Waals surface area contributed by atoms with Crippen molar-refractivity contribution in [2.24, 2.45) is 5.92 Å². The SMILES string of the molecule is CC1C=C(n2c3ccccc3c3ccccc32)C=CC1c1nc(N)nc(-c2ccc(-c3ccccc3)cc2)n1. The lowest BCUT2D eigenvalue weighted by atomic mass is 9.88. The van der Waals surface area contributed by atoms with E-state index in [2.05, 4.69) is 112 Å². The van der Waals surface area contributed by atoms with Crippen molar-refractivity contribution >= 4 is 33.5 Å². The summed E-state index contributed by atoms with van der Waals surface area (Å²) >= 11 is 0. The molecule has 2 heterocycles. The Kier molecular flexibility index (Phi) is 5.55. The highest BCUT2D eigenvalue weighted by atomic mass is 15.1. The van der Waals surface area contributed by atoms with Gasteiger partial charge < -0.3 is 10.3 Å². The van der Waals surface area contributed by atoms with Gasteiger partial charge in [-0.05, 0) is 35.3 Å². The van der Waals surface area contributed by atoms with Crippen molar-refractivity contribution in [2.75, 3.05) is 5.73 Å². The van der Waals surface area contributed by atoms with Gasteiger partial charge in [0, 0.05) is 28.0 Å². The summed E-state index contributed by atoms with van der Waals surface area (Å²) in [6.45, 7) is 2.20. The van der Waals surface area contributed by atoms with E-state index < -0.39 is 0 Å². The molecule has 1 aliphatic rings.